The van der Waals surface area contributed by atoms with Gasteiger partial charge in [-0.1, -0.05) is 36.2 Å². The molecule has 2 aromatic carbocycles. The fourth-order valence-electron chi connectivity index (χ4n) is 2.59. The number of sulfonamides is 1. The summed E-state index contributed by atoms with van der Waals surface area (Å²) in [5.74, 6) is 0.959. The number of hydrogen-bond acceptors (Lipinski definition) is 5. The van der Waals surface area contributed by atoms with Crippen LogP contribution < -0.4 is 14.3 Å². The molecule has 0 saturated carbocycles. The smallest absolute Gasteiger partial charge is 0.276 e. The molecule has 0 atom stereocenters. The zero-order valence-corrected chi connectivity index (χ0v) is 18.0. The Bertz CT molecular complexity index is 959. The molecular weight excluding hydrogens is 400 g/mol. The Morgan fingerprint density at radius 3 is 2.54 bits per heavy atom. The molecule has 6 nitrogen and oxygen atoms in total. The number of ether oxygens (including phenoxy) is 2. The van der Waals surface area contributed by atoms with Crippen LogP contribution in [0.5, 0.6) is 11.5 Å². The van der Waals surface area contributed by atoms with Gasteiger partial charge in [0, 0.05) is 0 Å². The first-order chi connectivity index (χ1) is 13.3. The van der Waals surface area contributed by atoms with Crippen molar-refractivity contribution >= 4 is 27.8 Å². The summed E-state index contributed by atoms with van der Waals surface area (Å²) in [6.45, 7) is 8.46. The monoisotopic (exact) mass is 424 g/mol. The summed E-state index contributed by atoms with van der Waals surface area (Å²) in [6, 6.07) is 8.46. The fraction of sp³-hybridized carbons (Fsp3) is 0.350. The predicted octanol–water partition coefficient (Wildman–Crippen LogP) is 4.46. The van der Waals surface area contributed by atoms with Crippen LogP contribution in [-0.2, 0) is 10.0 Å². The number of hydrazone groups is 1. The third-order valence-electron chi connectivity index (χ3n) is 3.79. The van der Waals surface area contributed by atoms with Gasteiger partial charge in [-0.15, -0.1) is 0 Å². The van der Waals surface area contributed by atoms with Gasteiger partial charge in [-0.3, -0.25) is 0 Å². The van der Waals surface area contributed by atoms with Crippen LogP contribution in [0.2, 0.25) is 5.02 Å². The third kappa shape index (κ3) is 5.62. The van der Waals surface area contributed by atoms with Crippen molar-refractivity contribution in [3.63, 3.8) is 0 Å². The van der Waals surface area contributed by atoms with E-state index < -0.39 is 10.0 Å². The van der Waals surface area contributed by atoms with Crippen molar-refractivity contribution in [2.24, 2.45) is 5.10 Å². The summed E-state index contributed by atoms with van der Waals surface area (Å²) in [6.07, 6.45) is 2.21. The molecule has 0 fully saturated rings. The van der Waals surface area contributed by atoms with Crippen molar-refractivity contribution in [3.8, 4) is 11.5 Å². The lowest BCUT2D eigenvalue weighted by Crippen LogP contribution is -2.19. The zero-order valence-electron chi connectivity index (χ0n) is 16.5. The van der Waals surface area contributed by atoms with Crippen molar-refractivity contribution < 1.29 is 17.9 Å². The lowest BCUT2D eigenvalue weighted by atomic mass is 10.2. The van der Waals surface area contributed by atoms with Gasteiger partial charge in [0.1, 0.15) is 0 Å². The molecule has 0 bridgehead atoms. The van der Waals surface area contributed by atoms with Crippen LogP contribution >= 0.6 is 11.6 Å². The van der Waals surface area contributed by atoms with Gasteiger partial charge in [0.25, 0.3) is 10.0 Å². The molecule has 152 valence electrons. The van der Waals surface area contributed by atoms with Crippen LogP contribution in [0, 0.1) is 13.8 Å². The highest BCUT2D eigenvalue weighted by Gasteiger charge is 2.16. The topological polar surface area (TPSA) is 77.0 Å². The van der Waals surface area contributed by atoms with Gasteiger partial charge in [-0.25, -0.2) is 4.83 Å². The van der Waals surface area contributed by atoms with Gasteiger partial charge in [-0.2, -0.15) is 13.5 Å². The second kappa shape index (κ2) is 9.80. The van der Waals surface area contributed by atoms with Crippen LogP contribution in [0.3, 0.4) is 0 Å². The van der Waals surface area contributed by atoms with E-state index in [9.17, 15) is 8.42 Å². The number of halogens is 1. The average Bonchev–Trinajstić information content (AvgIpc) is 2.61. The number of nitrogens with zero attached hydrogens (tertiary/aromatic N) is 1. The van der Waals surface area contributed by atoms with E-state index >= 15 is 0 Å². The highest BCUT2D eigenvalue weighted by Crippen LogP contribution is 2.36. The van der Waals surface area contributed by atoms with Crippen molar-refractivity contribution in [1.82, 2.24) is 4.83 Å². The van der Waals surface area contributed by atoms with Gasteiger partial charge in [0.15, 0.2) is 11.5 Å². The van der Waals surface area contributed by atoms with Crippen LogP contribution in [0.4, 0.5) is 0 Å². The average molecular weight is 425 g/mol. The van der Waals surface area contributed by atoms with Crippen molar-refractivity contribution in [2.75, 3.05) is 13.2 Å². The van der Waals surface area contributed by atoms with Crippen LogP contribution in [0.15, 0.2) is 40.3 Å². The molecule has 0 aliphatic rings. The molecule has 0 amide bonds. The van der Waals surface area contributed by atoms with Gasteiger partial charge in [-0.05, 0) is 56.5 Å². The van der Waals surface area contributed by atoms with E-state index in [1.54, 1.807) is 37.3 Å². The third-order valence-corrected chi connectivity index (χ3v) is 5.45. The lowest BCUT2D eigenvalue weighted by Gasteiger charge is -2.14. The quantitative estimate of drug-likeness (QED) is 0.476. The standard InChI is InChI=1S/C20H25ClN2O4S/c1-5-9-27-20-17(21)11-16(12-18(20)26-6-2)13-22-23-28(24,25)19-8-7-14(3)10-15(19)4/h7-8,10-13,23H,5-6,9H2,1-4H3/b22-13+. The first-order valence-electron chi connectivity index (χ1n) is 8.99. The molecule has 0 unspecified atom stereocenters. The van der Waals surface area contributed by atoms with Gasteiger partial charge in [0.05, 0.1) is 29.3 Å². The number of hydrogen-bond donors (Lipinski definition) is 1. The Morgan fingerprint density at radius 1 is 1.14 bits per heavy atom. The molecule has 0 aliphatic heterocycles. The van der Waals surface area contributed by atoms with E-state index in [1.165, 1.54) is 6.21 Å². The van der Waals surface area contributed by atoms with E-state index in [0.29, 0.717) is 40.9 Å². The molecule has 0 heterocycles. The highest BCUT2D eigenvalue weighted by molar-refractivity contribution is 7.89. The summed E-state index contributed by atoms with van der Waals surface area (Å²) >= 11 is 6.30. The molecule has 0 spiro atoms. The second-order valence-electron chi connectivity index (χ2n) is 6.23. The first kappa shape index (κ1) is 22.0. The predicted molar refractivity (Wildman–Crippen MR) is 112 cm³/mol. The molecule has 2 rings (SSSR count). The fourth-order valence-corrected chi connectivity index (χ4v) is 3.88. The Kier molecular flexibility index (Phi) is 7.71. The van der Waals surface area contributed by atoms with E-state index in [1.807, 2.05) is 20.8 Å². The number of nitrogens with one attached hydrogen (secondary N) is 1. The first-order valence-corrected chi connectivity index (χ1v) is 10.9. The molecule has 1 N–H and O–H groups in total. The highest BCUT2D eigenvalue weighted by atomic mass is 35.5. The molecule has 0 radical (unpaired) electrons. The molecule has 0 aromatic heterocycles. The Hall–Kier alpha value is -2.25. The minimum atomic E-state index is -3.77. The Balaban J connectivity index is 2.23. The second-order valence-corrected chi connectivity index (χ2v) is 8.27. The largest absolute Gasteiger partial charge is 0.490 e. The molecule has 28 heavy (non-hydrogen) atoms. The summed E-state index contributed by atoms with van der Waals surface area (Å²) < 4.78 is 36.2. The summed E-state index contributed by atoms with van der Waals surface area (Å²) in [7, 11) is -3.77. The van der Waals surface area contributed by atoms with E-state index in [2.05, 4.69) is 9.93 Å². The minimum Gasteiger partial charge on any atom is -0.490 e. The Morgan fingerprint density at radius 2 is 1.89 bits per heavy atom. The summed E-state index contributed by atoms with van der Waals surface area (Å²) in [4.78, 5) is 2.42. The summed E-state index contributed by atoms with van der Waals surface area (Å²) in [5, 5.41) is 4.24. The van der Waals surface area contributed by atoms with Crippen molar-refractivity contribution in [3.05, 3.63) is 52.0 Å². The Labute approximate surface area is 171 Å². The van der Waals surface area contributed by atoms with E-state index in [0.717, 1.165) is 12.0 Å². The van der Waals surface area contributed by atoms with Crippen LogP contribution in [0.25, 0.3) is 0 Å². The SMILES string of the molecule is CCCOc1c(Cl)cc(/C=N/NS(=O)(=O)c2ccc(C)cc2C)cc1OCC. The zero-order chi connectivity index (χ0) is 20.7. The maximum atomic E-state index is 12.5. The van der Waals surface area contributed by atoms with Crippen molar-refractivity contribution in [2.45, 2.75) is 39.0 Å². The lowest BCUT2D eigenvalue weighted by molar-refractivity contribution is 0.277. The van der Waals surface area contributed by atoms with Crippen molar-refractivity contribution in [1.29, 1.82) is 0 Å². The number of rotatable bonds is 9. The van der Waals surface area contributed by atoms with Gasteiger partial charge < -0.3 is 9.47 Å². The van der Waals surface area contributed by atoms with E-state index in [4.69, 9.17) is 21.1 Å². The number of aryl methyl sites for hydroxylation is 2. The van der Waals surface area contributed by atoms with Crippen LogP contribution in [-0.4, -0.2) is 27.8 Å². The molecule has 2 aromatic rings. The number of benzene rings is 2. The molecule has 8 heteroatoms. The normalized spacial score (nSPS) is 11.6. The maximum Gasteiger partial charge on any atom is 0.276 e. The van der Waals surface area contributed by atoms with Gasteiger partial charge in [0.2, 0.25) is 0 Å². The maximum absolute atomic E-state index is 12.5. The van der Waals surface area contributed by atoms with E-state index in [-0.39, 0.29) is 4.90 Å². The molecule has 0 aliphatic carbocycles. The minimum absolute atomic E-state index is 0.187. The summed E-state index contributed by atoms with van der Waals surface area (Å²) in [5.41, 5.74) is 2.23. The van der Waals surface area contributed by atoms with Crippen LogP contribution in [0.1, 0.15) is 37.0 Å². The molecule has 0 saturated heterocycles. The molecular formula is C20H25ClN2O4S. The van der Waals surface area contributed by atoms with Gasteiger partial charge >= 0.3 is 0 Å².